The van der Waals surface area contributed by atoms with Crippen molar-refractivity contribution in [3.05, 3.63) is 76.2 Å². The number of aryl methyl sites for hydroxylation is 2. The third-order valence-electron chi connectivity index (χ3n) is 3.67. The summed E-state index contributed by atoms with van der Waals surface area (Å²) in [6, 6.07) is 13.8. The van der Waals surface area contributed by atoms with Crippen molar-refractivity contribution in [1.82, 2.24) is 9.97 Å². The Bertz CT molecular complexity index is 881. The zero-order valence-corrected chi connectivity index (χ0v) is 14.7. The highest BCUT2D eigenvalue weighted by Crippen LogP contribution is 2.23. The lowest BCUT2D eigenvalue weighted by atomic mass is 10.2. The molecule has 0 saturated carbocycles. The standard InChI is InChI=1S/C19H18ClFN4/c1-12-9-15(20)5-8-17(12)24-18-10-13(2)23-19(25-18)22-11-14-3-6-16(21)7-4-14/h3-10H,11H2,1-2H3,(H2,22,23,24,25). The molecule has 0 aliphatic carbocycles. The number of hydrogen-bond acceptors (Lipinski definition) is 4. The number of rotatable bonds is 5. The van der Waals surface area contributed by atoms with Crippen LogP contribution in [0.1, 0.15) is 16.8 Å². The topological polar surface area (TPSA) is 49.8 Å². The molecule has 3 aromatic rings. The van der Waals surface area contributed by atoms with Gasteiger partial charge in [-0.15, -0.1) is 0 Å². The molecule has 3 rings (SSSR count). The van der Waals surface area contributed by atoms with Crippen LogP contribution in [-0.4, -0.2) is 9.97 Å². The Morgan fingerprint density at radius 1 is 1.00 bits per heavy atom. The molecule has 0 spiro atoms. The van der Waals surface area contributed by atoms with E-state index in [4.69, 9.17) is 11.6 Å². The zero-order valence-electron chi connectivity index (χ0n) is 14.0. The molecule has 0 unspecified atom stereocenters. The summed E-state index contributed by atoms with van der Waals surface area (Å²) in [6.07, 6.45) is 0. The lowest BCUT2D eigenvalue weighted by Crippen LogP contribution is -2.06. The number of nitrogens with one attached hydrogen (secondary N) is 2. The summed E-state index contributed by atoms with van der Waals surface area (Å²) < 4.78 is 13.0. The summed E-state index contributed by atoms with van der Waals surface area (Å²) in [5, 5.41) is 7.15. The average molecular weight is 357 g/mol. The van der Waals surface area contributed by atoms with Crippen LogP contribution in [0, 0.1) is 19.7 Å². The molecule has 1 heterocycles. The first-order valence-corrected chi connectivity index (χ1v) is 8.24. The van der Waals surface area contributed by atoms with Crippen molar-refractivity contribution in [3.8, 4) is 0 Å². The van der Waals surface area contributed by atoms with Crippen molar-refractivity contribution in [3.63, 3.8) is 0 Å². The first-order valence-electron chi connectivity index (χ1n) is 7.87. The number of hydrogen-bond donors (Lipinski definition) is 2. The van der Waals surface area contributed by atoms with Crippen LogP contribution < -0.4 is 10.6 Å². The molecule has 4 nitrogen and oxygen atoms in total. The van der Waals surface area contributed by atoms with Crippen LogP contribution >= 0.6 is 11.6 Å². The molecule has 2 aromatic carbocycles. The molecule has 128 valence electrons. The van der Waals surface area contributed by atoms with Gasteiger partial charge in [-0.25, -0.2) is 9.37 Å². The molecule has 0 aliphatic heterocycles. The Morgan fingerprint density at radius 2 is 1.76 bits per heavy atom. The van der Waals surface area contributed by atoms with Gasteiger partial charge in [-0.05, 0) is 55.3 Å². The van der Waals surface area contributed by atoms with Crippen molar-refractivity contribution >= 4 is 29.1 Å². The SMILES string of the molecule is Cc1cc(Nc2ccc(Cl)cc2C)nc(NCc2ccc(F)cc2)n1. The van der Waals surface area contributed by atoms with E-state index >= 15 is 0 Å². The van der Waals surface area contributed by atoms with Crippen LogP contribution in [0.4, 0.5) is 21.8 Å². The third kappa shape index (κ3) is 4.67. The molecular formula is C19H18ClFN4. The van der Waals surface area contributed by atoms with Gasteiger partial charge in [-0.1, -0.05) is 23.7 Å². The van der Waals surface area contributed by atoms with Crippen molar-refractivity contribution in [1.29, 1.82) is 0 Å². The van der Waals surface area contributed by atoms with E-state index in [0.717, 1.165) is 22.5 Å². The predicted molar refractivity (Wildman–Crippen MR) is 100.0 cm³/mol. The second kappa shape index (κ2) is 7.49. The largest absolute Gasteiger partial charge is 0.350 e. The molecule has 1 aromatic heterocycles. The number of halogens is 2. The van der Waals surface area contributed by atoms with E-state index < -0.39 is 0 Å². The van der Waals surface area contributed by atoms with E-state index in [0.29, 0.717) is 23.3 Å². The Labute approximate surface area is 151 Å². The lowest BCUT2D eigenvalue weighted by molar-refractivity contribution is 0.627. The van der Waals surface area contributed by atoms with Crippen LogP contribution in [0.15, 0.2) is 48.5 Å². The normalized spacial score (nSPS) is 10.6. The van der Waals surface area contributed by atoms with Crippen molar-refractivity contribution < 1.29 is 4.39 Å². The second-order valence-electron chi connectivity index (χ2n) is 5.78. The van der Waals surface area contributed by atoms with Gasteiger partial charge in [0.15, 0.2) is 0 Å². The van der Waals surface area contributed by atoms with Gasteiger partial charge in [-0.3, -0.25) is 0 Å². The molecule has 25 heavy (non-hydrogen) atoms. The van der Waals surface area contributed by atoms with Gasteiger partial charge in [0.1, 0.15) is 11.6 Å². The minimum Gasteiger partial charge on any atom is -0.350 e. The van der Waals surface area contributed by atoms with E-state index in [1.807, 2.05) is 38.1 Å². The minimum absolute atomic E-state index is 0.250. The summed E-state index contributed by atoms with van der Waals surface area (Å²) in [5.74, 6) is 0.957. The molecule has 2 N–H and O–H groups in total. The first-order chi connectivity index (χ1) is 12.0. The van der Waals surface area contributed by atoms with E-state index in [9.17, 15) is 4.39 Å². The van der Waals surface area contributed by atoms with Gasteiger partial charge in [0, 0.05) is 29.0 Å². The van der Waals surface area contributed by atoms with Gasteiger partial charge in [0.2, 0.25) is 5.95 Å². The van der Waals surface area contributed by atoms with Gasteiger partial charge in [0.05, 0.1) is 0 Å². The summed E-state index contributed by atoms with van der Waals surface area (Å²) in [4.78, 5) is 8.87. The molecule has 0 fully saturated rings. The minimum atomic E-state index is -0.250. The number of nitrogens with zero attached hydrogens (tertiary/aromatic N) is 2. The second-order valence-corrected chi connectivity index (χ2v) is 6.22. The van der Waals surface area contributed by atoms with Crippen molar-refractivity contribution in [2.24, 2.45) is 0 Å². The third-order valence-corrected chi connectivity index (χ3v) is 3.90. The molecule has 0 bridgehead atoms. The van der Waals surface area contributed by atoms with Gasteiger partial charge < -0.3 is 10.6 Å². The Kier molecular flexibility index (Phi) is 5.14. The monoisotopic (exact) mass is 356 g/mol. The molecule has 0 aliphatic rings. The van der Waals surface area contributed by atoms with Crippen LogP contribution in [0.5, 0.6) is 0 Å². The van der Waals surface area contributed by atoms with E-state index in [-0.39, 0.29) is 5.82 Å². The van der Waals surface area contributed by atoms with E-state index in [2.05, 4.69) is 20.6 Å². The van der Waals surface area contributed by atoms with Crippen LogP contribution in [0.2, 0.25) is 5.02 Å². The fraction of sp³-hybridized carbons (Fsp3) is 0.158. The summed E-state index contributed by atoms with van der Waals surface area (Å²) >= 11 is 5.99. The summed E-state index contributed by atoms with van der Waals surface area (Å²) in [7, 11) is 0. The fourth-order valence-electron chi connectivity index (χ4n) is 2.40. The van der Waals surface area contributed by atoms with E-state index in [1.165, 1.54) is 12.1 Å². The summed E-state index contributed by atoms with van der Waals surface area (Å²) in [6.45, 7) is 4.41. The maximum absolute atomic E-state index is 13.0. The Balaban J connectivity index is 1.74. The quantitative estimate of drug-likeness (QED) is 0.656. The molecule has 6 heteroatoms. The molecule has 0 atom stereocenters. The number of aromatic nitrogens is 2. The van der Waals surface area contributed by atoms with Gasteiger partial charge in [-0.2, -0.15) is 4.98 Å². The predicted octanol–water partition coefficient (Wildman–Crippen LogP) is 5.24. The zero-order chi connectivity index (χ0) is 17.8. The van der Waals surface area contributed by atoms with Crippen LogP contribution in [-0.2, 0) is 6.54 Å². The van der Waals surface area contributed by atoms with Crippen LogP contribution in [0.3, 0.4) is 0 Å². The lowest BCUT2D eigenvalue weighted by Gasteiger charge is -2.12. The molecular weight excluding hydrogens is 339 g/mol. The van der Waals surface area contributed by atoms with Gasteiger partial charge in [0.25, 0.3) is 0 Å². The molecule has 0 amide bonds. The fourth-order valence-corrected chi connectivity index (χ4v) is 2.63. The van der Waals surface area contributed by atoms with Crippen molar-refractivity contribution in [2.45, 2.75) is 20.4 Å². The molecule has 0 saturated heterocycles. The highest BCUT2D eigenvalue weighted by Gasteiger charge is 2.05. The van der Waals surface area contributed by atoms with Crippen molar-refractivity contribution in [2.75, 3.05) is 10.6 Å². The molecule has 0 radical (unpaired) electrons. The highest BCUT2D eigenvalue weighted by molar-refractivity contribution is 6.30. The maximum atomic E-state index is 13.0. The van der Waals surface area contributed by atoms with E-state index in [1.54, 1.807) is 12.1 Å². The van der Waals surface area contributed by atoms with Crippen LogP contribution in [0.25, 0.3) is 0 Å². The Hall–Kier alpha value is -2.66. The first kappa shape index (κ1) is 17.2. The number of benzene rings is 2. The smallest absolute Gasteiger partial charge is 0.225 e. The number of anilines is 3. The average Bonchev–Trinajstić information content (AvgIpc) is 2.56. The summed E-state index contributed by atoms with van der Waals surface area (Å²) in [5.41, 5.74) is 3.76. The van der Waals surface area contributed by atoms with Gasteiger partial charge >= 0.3 is 0 Å². The Morgan fingerprint density at radius 3 is 2.48 bits per heavy atom. The maximum Gasteiger partial charge on any atom is 0.225 e. The highest BCUT2D eigenvalue weighted by atomic mass is 35.5.